The van der Waals surface area contributed by atoms with Crippen LogP contribution in [0.3, 0.4) is 0 Å². The van der Waals surface area contributed by atoms with Gasteiger partial charge in [0.15, 0.2) is 11.4 Å². The van der Waals surface area contributed by atoms with Gasteiger partial charge in [-0.05, 0) is 31.2 Å². The van der Waals surface area contributed by atoms with Crippen LogP contribution in [0.4, 0.5) is 5.69 Å². The van der Waals surface area contributed by atoms with E-state index in [2.05, 4.69) is 10.3 Å². The van der Waals surface area contributed by atoms with Crippen molar-refractivity contribution in [2.24, 2.45) is 4.99 Å². The lowest BCUT2D eigenvalue weighted by molar-refractivity contribution is 0.347. The monoisotopic (exact) mass is 338 g/mol. The van der Waals surface area contributed by atoms with Gasteiger partial charge >= 0.3 is 0 Å². The number of amidine groups is 1. The first kappa shape index (κ1) is 16.8. The molecule has 6 nitrogen and oxygen atoms in total. The van der Waals surface area contributed by atoms with Crippen LogP contribution in [0.25, 0.3) is 0 Å². The van der Waals surface area contributed by atoms with Crippen molar-refractivity contribution in [1.82, 2.24) is 9.62 Å². The third-order valence-corrected chi connectivity index (χ3v) is 5.90. The molecule has 1 saturated heterocycles. The fourth-order valence-corrected chi connectivity index (χ4v) is 4.28. The van der Waals surface area contributed by atoms with Crippen LogP contribution in [0.5, 0.6) is 0 Å². The topological polar surface area (TPSA) is 85.6 Å². The van der Waals surface area contributed by atoms with Crippen LogP contribution in [0, 0.1) is 11.5 Å². The molecule has 118 valence electrons. The van der Waals surface area contributed by atoms with Crippen molar-refractivity contribution in [3.8, 4) is 6.19 Å². The number of nitrogens with one attached hydrogen (secondary N) is 1. The molecule has 22 heavy (non-hydrogen) atoms. The maximum atomic E-state index is 12.8. The van der Waals surface area contributed by atoms with Crippen LogP contribution >= 0.6 is 11.8 Å². The summed E-state index contributed by atoms with van der Waals surface area (Å²) >= 11 is 1.25. The molecule has 0 bridgehead atoms. The summed E-state index contributed by atoms with van der Waals surface area (Å²) in [4.78, 5) is 4.45. The Morgan fingerprint density at radius 1 is 1.32 bits per heavy atom. The van der Waals surface area contributed by atoms with Crippen LogP contribution in [-0.2, 0) is 10.0 Å². The number of hydrogen-bond acceptors (Lipinski definition) is 5. The number of para-hydroxylation sites is 1. The average molecular weight is 338 g/mol. The minimum Gasteiger partial charge on any atom is -0.271 e. The van der Waals surface area contributed by atoms with Gasteiger partial charge in [-0.1, -0.05) is 30.3 Å². The summed E-state index contributed by atoms with van der Waals surface area (Å²) in [7, 11) is -3.56. The van der Waals surface area contributed by atoms with E-state index in [1.54, 1.807) is 36.7 Å². The van der Waals surface area contributed by atoms with Crippen LogP contribution in [0.2, 0.25) is 0 Å². The normalized spacial score (nSPS) is 17.0. The molecule has 1 aliphatic heterocycles. The molecule has 1 aliphatic rings. The zero-order chi connectivity index (χ0) is 16.0. The van der Waals surface area contributed by atoms with E-state index < -0.39 is 10.0 Å². The maximum absolute atomic E-state index is 12.8. The molecule has 1 N–H and O–H groups in total. The van der Waals surface area contributed by atoms with Crippen molar-refractivity contribution in [3.05, 3.63) is 24.3 Å². The molecule has 2 rings (SSSR count). The predicted octanol–water partition coefficient (Wildman–Crippen LogP) is 2.28. The first-order chi connectivity index (χ1) is 10.6. The molecule has 0 radical (unpaired) electrons. The van der Waals surface area contributed by atoms with Gasteiger partial charge in [0.25, 0.3) is 0 Å². The van der Waals surface area contributed by atoms with E-state index in [0.29, 0.717) is 23.9 Å². The summed E-state index contributed by atoms with van der Waals surface area (Å²) in [5.74, 6) is 0. The molecule has 1 aromatic carbocycles. The van der Waals surface area contributed by atoms with Gasteiger partial charge in [0, 0.05) is 13.1 Å². The third kappa shape index (κ3) is 3.80. The van der Waals surface area contributed by atoms with E-state index in [9.17, 15) is 8.42 Å². The van der Waals surface area contributed by atoms with Crippen LogP contribution < -0.4 is 5.32 Å². The van der Waals surface area contributed by atoms with Crippen molar-refractivity contribution >= 4 is 32.6 Å². The number of rotatable bonds is 3. The lowest BCUT2D eigenvalue weighted by atomic mass is 10.2. The lowest BCUT2D eigenvalue weighted by Gasteiger charge is -2.26. The van der Waals surface area contributed by atoms with Gasteiger partial charge in [-0.25, -0.2) is 13.4 Å². The number of thioether (sulfide) groups is 1. The molecular formula is C14H18N4O2S2. The number of benzene rings is 1. The second kappa shape index (κ2) is 7.63. The number of sulfonamides is 1. The lowest BCUT2D eigenvalue weighted by Crippen LogP contribution is -2.35. The highest BCUT2D eigenvalue weighted by Crippen LogP contribution is 2.29. The third-order valence-electron chi connectivity index (χ3n) is 3.38. The summed E-state index contributed by atoms with van der Waals surface area (Å²) in [6, 6.07) is 6.63. The molecule has 0 amide bonds. The number of hydrogen-bond donors (Lipinski definition) is 1. The fraction of sp³-hybridized carbons (Fsp3) is 0.429. The summed E-state index contributed by atoms with van der Waals surface area (Å²) in [6.07, 6.45) is 6.40. The second-order valence-electron chi connectivity index (χ2n) is 4.79. The second-order valence-corrected chi connectivity index (χ2v) is 7.49. The Hall–Kier alpha value is -1.56. The highest BCUT2D eigenvalue weighted by atomic mass is 32.2. The first-order valence-corrected chi connectivity index (χ1v) is 9.63. The zero-order valence-electron chi connectivity index (χ0n) is 12.3. The molecule has 1 heterocycles. The number of nitrogens with zero attached hydrogens (tertiary/aromatic N) is 3. The van der Waals surface area contributed by atoms with Gasteiger partial charge in [0.2, 0.25) is 10.0 Å². The molecule has 0 aliphatic carbocycles. The predicted molar refractivity (Wildman–Crippen MR) is 88.4 cm³/mol. The van der Waals surface area contributed by atoms with Gasteiger partial charge < -0.3 is 0 Å². The number of aliphatic imine (C=N–C) groups is 1. The molecule has 8 heteroatoms. The molecule has 0 saturated carbocycles. The van der Waals surface area contributed by atoms with Gasteiger partial charge in [0.05, 0.1) is 5.69 Å². The highest BCUT2D eigenvalue weighted by Gasteiger charge is 2.28. The Bertz CT molecular complexity index is 689. The highest BCUT2D eigenvalue weighted by molar-refractivity contribution is 8.13. The summed E-state index contributed by atoms with van der Waals surface area (Å²) < 4.78 is 27.1. The van der Waals surface area contributed by atoms with E-state index in [1.807, 2.05) is 0 Å². The van der Waals surface area contributed by atoms with Crippen molar-refractivity contribution in [2.45, 2.75) is 24.2 Å². The van der Waals surface area contributed by atoms with Gasteiger partial charge in [0.1, 0.15) is 4.90 Å². The first-order valence-electron chi connectivity index (χ1n) is 6.96. The Morgan fingerprint density at radius 2 is 2.00 bits per heavy atom. The van der Waals surface area contributed by atoms with Gasteiger partial charge in [-0.2, -0.15) is 9.57 Å². The quantitative estimate of drug-likeness (QED) is 0.395. The number of piperidine rings is 1. The number of nitriles is 1. The van der Waals surface area contributed by atoms with Crippen LogP contribution in [0.15, 0.2) is 34.2 Å². The van der Waals surface area contributed by atoms with Gasteiger partial charge in [-0.15, -0.1) is 0 Å². The van der Waals surface area contributed by atoms with Crippen LogP contribution in [0.1, 0.15) is 19.3 Å². The van der Waals surface area contributed by atoms with Gasteiger partial charge in [-0.3, -0.25) is 5.32 Å². The molecule has 0 spiro atoms. The van der Waals surface area contributed by atoms with Crippen molar-refractivity contribution in [3.63, 3.8) is 0 Å². The minimum absolute atomic E-state index is 0.184. The minimum atomic E-state index is -3.56. The summed E-state index contributed by atoms with van der Waals surface area (Å²) in [5.41, 5.74) is 0.347. The fourth-order valence-electron chi connectivity index (χ4n) is 2.29. The largest absolute Gasteiger partial charge is 0.271 e. The zero-order valence-corrected chi connectivity index (χ0v) is 14.0. The van der Waals surface area contributed by atoms with Crippen molar-refractivity contribution in [2.75, 3.05) is 19.3 Å². The smallest absolute Gasteiger partial charge is 0.245 e. The molecule has 1 aromatic rings. The van der Waals surface area contributed by atoms with Crippen LogP contribution in [-0.4, -0.2) is 37.2 Å². The molecule has 0 unspecified atom stereocenters. The molecule has 1 fully saturated rings. The molecular weight excluding hydrogens is 320 g/mol. The average Bonchev–Trinajstić information content (AvgIpc) is 2.55. The Kier molecular flexibility index (Phi) is 5.83. The Balaban J connectivity index is 2.41. The Labute approximate surface area is 135 Å². The maximum Gasteiger partial charge on any atom is 0.245 e. The van der Waals surface area contributed by atoms with E-state index >= 15 is 0 Å². The SMILES string of the molecule is CSC(=Nc1ccccc1S(=O)(=O)N1CCCCC1)NC#N. The Morgan fingerprint density at radius 3 is 2.64 bits per heavy atom. The van der Waals surface area contributed by atoms with E-state index in [4.69, 9.17) is 5.26 Å². The van der Waals surface area contributed by atoms with Crippen molar-refractivity contribution < 1.29 is 8.42 Å². The van der Waals surface area contributed by atoms with E-state index in [1.165, 1.54) is 16.1 Å². The van der Waals surface area contributed by atoms with E-state index in [0.717, 1.165) is 19.3 Å². The molecule has 0 atom stereocenters. The van der Waals surface area contributed by atoms with E-state index in [-0.39, 0.29) is 4.90 Å². The molecule has 0 aromatic heterocycles. The summed E-state index contributed by atoms with van der Waals surface area (Å²) in [6.45, 7) is 1.10. The standard InChI is InChI=1S/C14H18N4O2S2/c1-21-14(16-11-15)17-12-7-3-4-8-13(12)22(19,20)18-9-5-2-6-10-18/h3-4,7-8H,2,5-6,9-10H2,1H3,(H,16,17). The van der Waals surface area contributed by atoms with Crippen molar-refractivity contribution in [1.29, 1.82) is 5.26 Å². The summed E-state index contributed by atoms with van der Waals surface area (Å²) in [5, 5.41) is 11.5.